The topological polar surface area (TPSA) is 37.3 Å². The van der Waals surface area contributed by atoms with E-state index in [4.69, 9.17) is 0 Å². The van der Waals surface area contributed by atoms with E-state index in [1.165, 1.54) is 0 Å². The van der Waals surface area contributed by atoms with Gasteiger partial charge in [-0.05, 0) is 23.4 Å². The molecule has 17 heavy (non-hydrogen) atoms. The lowest BCUT2D eigenvalue weighted by Crippen LogP contribution is -2.38. The first-order valence-corrected chi connectivity index (χ1v) is 8.48. The second kappa shape index (κ2) is 4.18. The number of benzene rings is 1. The molecule has 0 fully saturated rings. The van der Waals surface area contributed by atoms with Crippen LogP contribution in [-0.4, -0.2) is 25.1 Å². The van der Waals surface area contributed by atoms with Gasteiger partial charge in [0.25, 0.3) is 5.78 Å². The summed E-state index contributed by atoms with van der Waals surface area (Å²) in [6.45, 7) is 5.64. The van der Waals surface area contributed by atoms with E-state index >= 15 is 0 Å². The number of hydrogen-bond acceptors (Lipinski definition) is 2. The van der Waals surface area contributed by atoms with E-state index in [-0.39, 0.29) is 5.75 Å². The van der Waals surface area contributed by atoms with Gasteiger partial charge in [-0.2, -0.15) is 13.2 Å². The van der Waals surface area contributed by atoms with Crippen molar-refractivity contribution >= 4 is 19.0 Å². The van der Waals surface area contributed by atoms with Crippen LogP contribution in [0.5, 0.6) is 5.75 Å². The van der Waals surface area contributed by atoms with Gasteiger partial charge in [0, 0.05) is 5.56 Å². The molecule has 2 nitrogen and oxygen atoms in total. The Morgan fingerprint density at radius 1 is 1.24 bits per heavy atom. The molecule has 0 heterocycles. The van der Waals surface area contributed by atoms with Crippen LogP contribution in [0.1, 0.15) is 10.4 Å². The van der Waals surface area contributed by atoms with Crippen molar-refractivity contribution in [1.29, 1.82) is 0 Å². The molecule has 0 spiro atoms. The van der Waals surface area contributed by atoms with Gasteiger partial charge in [0.15, 0.2) is 0 Å². The van der Waals surface area contributed by atoms with Crippen LogP contribution < -0.4 is 5.19 Å². The lowest BCUT2D eigenvalue weighted by Gasteiger charge is -2.19. The number of phenols is 1. The molecular formula is C11H13F3O2Si. The summed E-state index contributed by atoms with van der Waals surface area (Å²) in [6.07, 6.45) is -4.88. The molecule has 1 aromatic carbocycles. The Balaban J connectivity index is 3.28. The van der Waals surface area contributed by atoms with Crippen LogP contribution in [0.2, 0.25) is 19.6 Å². The van der Waals surface area contributed by atoms with Crippen LogP contribution in [-0.2, 0) is 0 Å². The van der Waals surface area contributed by atoms with Crippen LogP contribution in [0, 0.1) is 0 Å². The molecule has 1 N–H and O–H groups in total. The van der Waals surface area contributed by atoms with Crippen molar-refractivity contribution in [3.8, 4) is 5.75 Å². The number of hydrogen-bond donors (Lipinski definition) is 1. The van der Waals surface area contributed by atoms with Crippen LogP contribution in [0.25, 0.3) is 0 Å². The first-order chi connectivity index (χ1) is 7.53. The third-order valence-electron chi connectivity index (χ3n) is 2.32. The van der Waals surface area contributed by atoms with Gasteiger partial charge in [-0.25, -0.2) is 0 Å². The van der Waals surface area contributed by atoms with E-state index < -0.39 is 25.6 Å². The molecule has 0 bridgehead atoms. The minimum atomic E-state index is -4.88. The van der Waals surface area contributed by atoms with Crippen molar-refractivity contribution in [2.24, 2.45) is 0 Å². The Bertz CT molecular complexity index is 447. The quantitative estimate of drug-likeness (QED) is 0.657. The number of phenolic OH excluding ortho intramolecular Hbond substituents is 1. The zero-order valence-corrected chi connectivity index (χ0v) is 10.7. The molecule has 94 valence electrons. The predicted octanol–water partition coefficient (Wildman–Crippen LogP) is 2.68. The number of carbonyl (C=O) groups excluding carboxylic acids is 1. The van der Waals surface area contributed by atoms with Gasteiger partial charge >= 0.3 is 6.18 Å². The van der Waals surface area contributed by atoms with E-state index in [0.29, 0.717) is 5.19 Å². The molecule has 0 aromatic heterocycles. The second-order valence-electron chi connectivity index (χ2n) is 4.81. The average Bonchev–Trinajstić information content (AvgIpc) is 2.14. The van der Waals surface area contributed by atoms with Crippen LogP contribution in [0.15, 0.2) is 18.2 Å². The molecule has 0 unspecified atom stereocenters. The van der Waals surface area contributed by atoms with Gasteiger partial charge in [-0.1, -0.05) is 19.6 Å². The number of halogens is 3. The van der Waals surface area contributed by atoms with Crippen LogP contribution in [0.4, 0.5) is 13.2 Å². The monoisotopic (exact) mass is 262 g/mol. The Hall–Kier alpha value is -1.30. The van der Waals surface area contributed by atoms with Crippen molar-refractivity contribution in [1.82, 2.24) is 0 Å². The van der Waals surface area contributed by atoms with Crippen molar-refractivity contribution < 1.29 is 23.1 Å². The first kappa shape index (κ1) is 13.8. The molecule has 0 radical (unpaired) electrons. The summed E-state index contributed by atoms with van der Waals surface area (Å²) in [6, 6.07) is 3.29. The average molecular weight is 262 g/mol. The highest BCUT2D eigenvalue weighted by atomic mass is 28.3. The Morgan fingerprint density at radius 2 is 1.76 bits per heavy atom. The number of carbonyl (C=O) groups is 1. The zero-order chi connectivity index (χ0) is 13.4. The summed E-state index contributed by atoms with van der Waals surface area (Å²) in [4.78, 5) is 11.1. The first-order valence-electron chi connectivity index (χ1n) is 4.98. The summed E-state index contributed by atoms with van der Waals surface area (Å²) in [7, 11) is -1.98. The van der Waals surface area contributed by atoms with Gasteiger partial charge in [-0.15, -0.1) is 0 Å². The Kier molecular flexibility index (Phi) is 3.38. The molecule has 6 heteroatoms. The fourth-order valence-corrected chi connectivity index (χ4v) is 2.88. The highest BCUT2D eigenvalue weighted by molar-refractivity contribution is 6.89. The van der Waals surface area contributed by atoms with Gasteiger partial charge in [-0.3, -0.25) is 4.79 Å². The fourth-order valence-electron chi connectivity index (χ4n) is 1.44. The van der Waals surface area contributed by atoms with Crippen molar-refractivity contribution in [2.45, 2.75) is 25.8 Å². The molecule has 0 amide bonds. The fraction of sp³-hybridized carbons (Fsp3) is 0.364. The van der Waals surface area contributed by atoms with E-state index in [1.807, 2.05) is 19.6 Å². The summed E-state index contributed by atoms with van der Waals surface area (Å²) in [5.74, 6) is -1.93. The predicted molar refractivity (Wildman–Crippen MR) is 61.5 cm³/mol. The third-order valence-corrected chi connectivity index (χ3v) is 4.34. The molecule has 1 rings (SSSR count). The van der Waals surface area contributed by atoms with Crippen molar-refractivity contribution in [2.75, 3.05) is 0 Å². The van der Waals surface area contributed by atoms with E-state index in [0.717, 1.165) is 18.2 Å². The number of ketones is 1. The minimum absolute atomic E-state index is 0.0529. The molecule has 0 saturated heterocycles. The molecule has 0 aliphatic heterocycles. The molecule has 0 aliphatic carbocycles. The number of Topliss-reactive ketones (excluding diaryl/α,β-unsaturated/α-hetero) is 1. The standard InChI is InChI=1S/C11H13F3O2Si/c1-17(2,3)9-6-7(4-5-8(9)15)10(16)11(12,13)14/h4-6,15H,1-3H3. The normalized spacial score (nSPS) is 12.6. The SMILES string of the molecule is C[Si](C)(C)c1cc(C(=O)C(F)(F)F)ccc1O. The van der Waals surface area contributed by atoms with Crippen molar-refractivity contribution in [3.63, 3.8) is 0 Å². The van der Waals surface area contributed by atoms with Crippen LogP contribution in [0.3, 0.4) is 0 Å². The smallest absolute Gasteiger partial charge is 0.454 e. The summed E-state index contributed by atoms with van der Waals surface area (Å²) < 4.78 is 36.8. The molecule has 0 saturated carbocycles. The van der Waals surface area contributed by atoms with Gasteiger partial charge < -0.3 is 5.11 Å². The lowest BCUT2D eigenvalue weighted by molar-refractivity contribution is -0.0885. The van der Waals surface area contributed by atoms with Gasteiger partial charge in [0.05, 0.1) is 8.07 Å². The van der Waals surface area contributed by atoms with E-state index in [9.17, 15) is 23.1 Å². The zero-order valence-electron chi connectivity index (χ0n) is 9.72. The molecule has 0 aliphatic rings. The maximum absolute atomic E-state index is 12.3. The highest BCUT2D eigenvalue weighted by Gasteiger charge is 2.39. The Labute approximate surface area is 98.1 Å². The molecule has 0 atom stereocenters. The highest BCUT2D eigenvalue weighted by Crippen LogP contribution is 2.23. The maximum atomic E-state index is 12.3. The number of aromatic hydroxyl groups is 1. The second-order valence-corrected chi connectivity index (χ2v) is 9.85. The summed E-state index contributed by atoms with van der Waals surface area (Å²) >= 11 is 0. The van der Waals surface area contributed by atoms with E-state index in [2.05, 4.69) is 0 Å². The lowest BCUT2D eigenvalue weighted by atomic mass is 10.1. The van der Waals surface area contributed by atoms with Crippen LogP contribution >= 0.6 is 0 Å². The van der Waals surface area contributed by atoms with E-state index in [1.54, 1.807) is 0 Å². The number of alkyl halides is 3. The largest absolute Gasteiger partial charge is 0.508 e. The Morgan fingerprint density at radius 3 is 2.18 bits per heavy atom. The summed E-state index contributed by atoms with van der Waals surface area (Å²) in [5, 5.41) is 10.0. The van der Waals surface area contributed by atoms with Gasteiger partial charge in [0.2, 0.25) is 0 Å². The summed E-state index contributed by atoms with van der Waals surface area (Å²) in [5.41, 5.74) is -0.423. The maximum Gasteiger partial charge on any atom is 0.454 e. The molecule has 1 aromatic rings. The molecular weight excluding hydrogens is 249 g/mol. The third kappa shape index (κ3) is 3.09. The van der Waals surface area contributed by atoms with Crippen molar-refractivity contribution in [3.05, 3.63) is 23.8 Å². The minimum Gasteiger partial charge on any atom is -0.508 e. The number of rotatable bonds is 2. The van der Waals surface area contributed by atoms with Gasteiger partial charge in [0.1, 0.15) is 5.75 Å².